The van der Waals surface area contributed by atoms with Gasteiger partial charge in [0, 0.05) is 5.75 Å². The van der Waals surface area contributed by atoms with Gasteiger partial charge in [-0.15, -0.1) is 0 Å². The van der Waals surface area contributed by atoms with Crippen LogP contribution in [0.1, 0.15) is 52.9 Å². The van der Waals surface area contributed by atoms with Crippen LogP contribution in [0.3, 0.4) is 0 Å². The molecule has 5 heteroatoms. The quantitative estimate of drug-likeness (QED) is 0.814. The van der Waals surface area contributed by atoms with Gasteiger partial charge in [0.1, 0.15) is 5.60 Å². The largest absolute Gasteiger partial charge is 0.444 e. The molecule has 0 aromatic carbocycles. The normalized spacial score (nSPS) is 18.6. The van der Waals surface area contributed by atoms with Crippen LogP contribution >= 0.6 is 11.8 Å². The van der Waals surface area contributed by atoms with Crippen molar-refractivity contribution in [2.45, 2.75) is 70.6 Å². The Morgan fingerprint density at radius 1 is 1.30 bits per heavy atom. The van der Waals surface area contributed by atoms with Crippen molar-refractivity contribution >= 4 is 17.9 Å². The van der Waals surface area contributed by atoms with Crippen LogP contribution in [0.4, 0.5) is 4.79 Å². The average molecular weight is 303 g/mol. The second-order valence-corrected chi connectivity index (χ2v) is 7.30. The Balaban J connectivity index is 2.33. The van der Waals surface area contributed by atoms with Gasteiger partial charge in [-0.3, -0.25) is 0 Å². The lowest BCUT2D eigenvalue weighted by Crippen LogP contribution is -2.43. The van der Waals surface area contributed by atoms with Gasteiger partial charge in [0.25, 0.3) is 0 Å². The molecule has 1 atom stereocenters. The van der Waals surface area contributed by atoms with Gasteiger partial charge in [0.05, 0.1) is 18.8 Å². The summed E-state index contributed by atoms with van der Waals surface area (Å²) in [5.41, 5.74) is -0.460. The predicted octanol–water partition coefficient (Wildman–Crippen LogP) is 3.59. The number of carbonyl (C=O) groups excluding carboxylic acids is 1. The van der Waals surface area contributed by atoms with Gasteiger partial charge in [-0.05, 0) is 39.9 Å². The van der Waals surface area contributed by atoms with E-state index in [2.05, 4.69) is 5.32 Å². The number of alkyl carbamates (subject to hydrolysis) is 1. The molecule has 20 heavy (non-hydrogen) atoms. The summed E-state index contributed by atoms with van der Waals surface area (Å²) >= 11 is 1.71. The van der Waals surface area contributed by atoms with Crippen molar-refractivity contribution < 1.29 is 14.3 Å². The number of rotatable bonds is 6. The summed E-state index contributed by atoms with van der Waals surface area (Å²) in [5, 5.41) is 2.91. The predicted molar refractivity (Wildman–Crippen MR) is 84.4 cm³/mol. The van der Waals surface area contributed by atoms with Crippen molar-refractivity contribution in [3.63, 3.8) is 0 Å². The Hall–Kier alpha value is -0.420. The maximum absolute atomic E-state index is 11.8. The third-order valence-electron chi connectivity index (χ3n) is 3.17. The maximum atomic E-state index is 11.8. The van der Waals surface area contributed by atoms with Crippen molar-refractivity contribution in [1.82, 2.24) is 5.32 Å². The van der Waals surface area contributed by atoms with E-state index in [-0.39, 0.29) is 12.1 Å². The van der Waals surface area contributed by atoms with Gasteiger partial charge in [0.15, 0.2) is 0 Å². The van der Waals surface area contributed by atoms with E-state index in [1.807, 2.05) is 27.0 Å². The lowest BCUT2D eigenvalue weighted by atomic mass is 9.98. The smallest absolute Gasteiger partial charge is 0.407 e. The molecular formula is C15H29NO3S. The number of nitrogens with one attached hydrogen (secondary N) is 1. The lowest BCUT2D eigenvalue weighted by Gasteiger charge is -2.26. The SMILES string of the molecule is CSCC(COC1CCCCC1)NC(=O)OC(C)(C)C. The zero-order chi connectivity index (χ0) is 15.0. The molecule has 0 saturated heterocycles. The molecule has 0 radical (unpaired) electrons. The van der Waals surface area contributed by atoms with E-state index in [1.54, 1.807) is 11.8 Å². The van der Waals surface area contributed by atoms with Gasteiger partial charge in [-0.1, -0.05) is 19.3 Å². The van der Waals surface area contributed by atoms with Gasteiger partial charge in [-0.2, -0.15) is 11.8 Å². The third kappa shape index (κ3) is 8.00. The summed E-state index contributed by atoms with van der Waals surface area (Å²) < 4.78 is 11.2. The summed E-state index contributed by atoms with van der Waals surface area (Å²) in [7, 11) is 0. The third-order valence-corrected chi connectivity index (χ3v) is 3.91. The standard InChI is InChI=1S/C15H29NO3S/c1-15(2,3)19-14(17)16-12(11-20-4)10-18-13-8-6-5-7-9-13/h12-13H,5-11H2,1-4H3,(H,16,17). The zero-order valence-electron chi connectivity index (χ0n) is 13.2. The van der Waals surface area contributed by atoms with E-state index in [4.69, 9.17) is 9.47 Å². The first kappa shape index (κ1) is 17.6. The van der Waals surface area contributed by atoms with Crippen LogP contribution in [0.25, 0.3) is 0 Å². The molecule has 0 bridgehead atoms. The average Bonchev–Trinajstić information content (AvgIpc) is 2.35. The fourth-order valence-corrected chi connectivity index (χ4v) is 2.87. The molecule has 1 aliphatic carbocycles. The molecule has 1 aliphatic rings. The summed E-state index contributed by atoms with van der Waals surface area (Å²) in [6.07, 6.45) is 8.19. The van der Waals surface area contributed by atoms with Crippen LogP contribution < -0.4 is 5.32 Å². The van der Waals surface area contributed by atoms with Crippen molar-refractivity contribution in [2.24, 2.45) is 0 Å². The molecule has 4 nitrogen and oxygen atoms in total. The van der Waals surface area contributed by atoms with Crippen LogP contribution in [0.5, 0.6) is 0 Å². The van der Waals surface area contributed by atoms with Crippen molar-refractivity contribution in [1.29, 1.82) is 0 Å². The van der Waals surface area contributed by atoms with Gasteiger partial charge < -0.3 is 14.8 Å². The molecule has 1 N–H and O–H groups in total. The minimum atomic E-state index is -0.460. The summed E-state index contributed by atoms with van der Waals surface area (Å²) in [6.45, 7) is 6.18. The van der Waals surface area contributed by atoms with E-state index in [0.717, 1.165) is 18.6 Å². The zero-order valence-corrected chi connectivity index (χ0v) is 14.1. The molecule has 1 unspecified atom stereocenters. The lowest BCUT2D eigenvalue weighted by molar-refractivity contribution is 0.0128. The van der Waals surface area contributed by atoms with E-state index in [1.165, 1.54) is 19.3 Å². The number of ether oxygens (including phenoxy) is 2. The number of thioether (sulfide) groups is 1. The maximum Gasteiger partial charge on any atom is 0.407 e. The Labute approximate surface area is 127 Å². The highest BCUT2D eigenvalue weighted by atomic mass is 32.2. The first-order valence-corrected chi connectivity index (χ1v) is 8.90. The van der Waals surface area contributed by atoms with Crippen LogP contribution in [0, 0.1) is 0 Å². The van der Waals surface area contributed by atoms with Gasteiger partial charge >= 0.3 is 6.09 Å². The first-order chi connectivity index (χ1) is 9.40. The fourth-order valence-electron chi connectivity index (χ4n) is 2.29. The van der Waals surface area contributed by atoms with E-state index in [9.17, 15) is 4.79 Å². The molecule has 1 amide bonds. The summed E-state index contributed by atoms with van der Waals surface area (Å²) in [5.74, 6) is 0.839. The fraction of sp³-hybridized carbons (Fsp3) is 0.933. The van der Waals surface area contributed by atoms with E-state index in [0.29, 0.717) is 12.7 Å². The van der Waals surface area contributed by atoms with E-state index < -0.39 is 5.60 Å². The molecule has 1 fully saturated rings. The van der Waals surface area contributed by atoms with Crippen LogP contribution in [0.2, 0.25) is 0 Å². The van der Waals surface area contributed by atoms with Gasteiger partial charge in [-0.25, -0.2) is 4.79 Å². The second kappa shape index (κ2) is 8.78. The van der Waals surface area contributed by atoms with Crippen molar-refractivity contribution in [3.05, 3.63) is 0 Å². The Morgan fingerprint density at radius 2 is 1.95 bits per heavy atom. The van der Waals surface area contributed by atoms with E-state index >= 15 is 0 Å². The molecule has 1 saturated carbocycles. The molecule has 0 heterocycles. The highest BCUT2D eigenvalue weighted by Crippen LogP contribution is 2.20. The van der Waals surface area contributed by atoms with Crippen molar-refractivity contribution in [3.8, 4) is 0 Å². The topological polar surface area (TPSA) is 47.6 Å². The Bertz CT molecular complexity index is 285. The summed E-state index contributed by atoms with van der Waals surface area (Å²) in [6, 6.07) is 0.0155. The second-order valence-electron chi connectivity index (χ2n) is 6.39. The number of amides is 1. The monoisotopic (exact) mass is 303 g/mol. The van der Waals surface area contributed by atoms with Gasteiger partial charge in [0.2, 0.25) is 0 Å². The van der Waals surface area contributed by atoms with Crippen LogP contribution in [-0.4, -0.2) is 42.5 Å². The number of carbonyl (C=O) groups is 1. The van der Waals surface area contributed by atoms with Crippen molar-refractivity contribution in [2.75, 3.05) is 18.6 Å². The number of hydrogen-bond donors (Lipinski definition) is 1. The molecule has 0 aliphatic heterocycles. The summed E-state index contributed by atoms with van der Waals surface area (Å²) in [4.78, 5) is 11.8. The molecule has 0 spiro atoms. The minimum absolute atomic E-state index is 0.0155. The first-order valence-electron chi connectivity index (χ1n) is 7.51. The van der Waals surface area contributed by atoms with Crippen LogP contribution in [0.15, 0.2) is 0 Å². The Kier molecular flexibility index (Phi) is 7.74. The molecule has 1 rings (SSSR count). The molecule has 118 valence electrons. The highest BCUT2D eigenvalue weighted by Gasteiger charge is 2.21. The number of hydrogen-bond acceptors (Lipinski definition) is 4. The molecule has 0 aromatic heterocycles. The Morgan fingerprint density at radius 3 is 2.50 bits per heavy atom. The molecular weight excluding hydrogens is 274 g/mol. The van der Waals surface area contributed by atoms with Crippen LogP contribution in [-0.2, 0) is 9.47 Å². The minimum Gasteiger partial charge on any atom is -0.444 e. The molecule has 0 aromatic rings. The highest BCUT2D eigenvalue weighted by molar-refractivity contribution is 7.98.